The monoisotopic (exact) mass is 236 g/mol. The van der Waals surface area contributed by atoms with Gasteiger partial charge in [0.25, 0.3) is 0 Å². The van der Waals surface area contributed by atoms with Crippen molar-refractivity contribution in [2.75, 3.05) is 13.1 Å². The van der Waals surface area contributed by atoms with Crippen molar-refractivity contribution in [2.45, 2.75) is 26.2 Å². The molecule has 86 valence electrons. The first-order valence-corrected chi connectivity index (χ1v) is 6.55. The molecule has 4 heteroatoms. The zero-order valence-corrected chi connectivity index (χ0v) is 10.3. The van der Waals surface area contributed by atoms with Crippen LogP contribution < -0.4 is 0 Å². The maximum atomic E-state index is 11.4. The van der Waals surface area contributed by atoms with Gasteiger partial charge >= 0.3 is 0 Å². The molecule has 3 nitrogen and oxygen atoms in total. The smallest absolute Gasteiger partial charge is 0.153 e. The number of carbonyl (C=O) groups is 1. The largest absolute Gasteiger partial charge is 0.298 e. The number of nitrogens with zero attached hydrogens (tertiary/aromatic N) is 2. The highest BCUT2D eigenvalue weighted by molar-refractivity contribution is 7.12. The lowest BCUT2D eigenvalue weighted by Gasteiger charge is -2.24. The Morgan fingerprint density at radius 1 is 1.62 bits per heavy atom. The summed E-state index contributed by atoms with van der Waals surface area (Å²) in [4.78, 5) is 12.6. The third kappa shape index (κ3) is 2.70. The number of hydrazone groups is 1. The van der Waals surface area contributed by atoms with Crippen LogP contribution in [-0.4, -0.2) is 29.6 Å². The zero-order valence-electron chi connectivity index (χ0n) is 9.48. The van der Waals surface area contributed by atoms with E-state index in [0.717, 1.165) is 25.1 Å². The van der Waals surface area contributed by atoms with E-state index in [2.05, 4.69) is 16.5 Å². The average molecular weight is 236 g/mol. The number of ketones is 1. The van der Waals surface area contributed by atoms with E-state index in [-0.39, 0.29) is 5.78 Å². The first kappa shape index (κ1) is 11.3. The minimum absolute atomic E-state index is 0.260. The van der Waals surface area contributed by atoms with Gasteiger partial charge < -0.3 is 0 Å². The van der Waals surface area contributed by atoms with E-state index >= 15 is 0 Å². The summed E-state index contributed by atoms with van der Waals surface area (Å²) < 4.78 is 0. The van der Waals surface area contributed by atoms with Crippen LogP contribution in [0.15, 0.2) is 22.6 Å². The van der Waals surface area contributed by atoms with Crippen molar-refractivity contribution in [2.24, 2.45) is 5.10 Å². The van der Waals surface area contributed by atoms with Crippen molar-refractivity contribution in [3.8, 4) is 0 Å². The summed E-state index contributed by atoms with van der Waals surface area (Å²) >= 11 is 1.71. The molecule has 2 rings (SSSR count). The van der Waals surface area contributed by atoms with Crippen molar-refractivity contribution in [1.82, 2.24) is 5.01 Å². The molecule has 2 heterocycles. The van der Waals surface area contributed by atoms with Gasteiger partial charge in [0.15, 0.2) is 5.78 Å². The molecule has 0 amide bonds. The topological polar surface area (TPSA) is 32.7 Å². The maximum absolute atomic E-state index is 11.4. The molecular weight excluding hydrogens is 220 g/mol. The van der Waals surface area contributed by atoms with Crippen LogP contribution >= 0.6 is 11.3 Å². The number of hydrogen-bond acceptors (Lipinski definition) is 4. The van der Waals surface area contributed by atoms with Crippen molar-refractivity contribution < 1.29 is 4.79 Å². The Morgan fingerprint density at radius 2 is 2.50 bits per heavy atom. The van der Waals surface area contributed by atoms with Gasteiger partial charge in [0, 0.05) is 13.0 Å². The third-order valence-electron chi connectivity index (χ3n) is 2.65. The SMILES string of the molecule is CCC(=O)CN1CCCC(c2cccs2)=N1. The fraction of sp³-hybridized carbons (Fsp3) is 0.500. The number of rotatable bonds is 4. The second kappa shape index (κ2) is 5.25. The predicted molar refractivity (Wildman–Crippen MR) is 67.0 cm³/mol. The van der Waals surface area contributed by atoms with Gasteiger partial charge in [-0.25, -0.2) is 0 Å². The van der Waals surface area contributed by atoms with Gasteiger partial charge in [0.05, 0.1) is 17.1 Å². The highest BCUT2D eigenvalue weighted by Gasteiger charge is 2.15. The van der Waals surface area contributed by atoms with E-state index < -0.39 is 0 Å². The lowest BCUT2D eigenvalue weighted by molar-refractivity contribution is -0.119. The number of thiophene rings is 1. The van der Waals surface area contributed by atoms with Crippen molar-refractivity contribution in [3.05, 3.63) is 22.4 Å². The summed E-state index contributed by atoms with van der Waals surface area (Å²) in [6, 6.07) is 4.13. The molecular formula is C12H16N2OS. The normalized spacial score (nSPS) is 16.1. The minimum atomic E-state index is 0.260. The molecule has 1 aromatic rings. The summed E-state index contributed by atoms with van der Waals surface area (Å²) in [5.41, 5.74) is 1.13. The molecule has 0 radical (unpaired) electrons. The molecule has 1 aliphatic rings. The van der Waals surface area contributed by atoms with E-state index in [1.807, 2.05) is 18.0 Å². The van der Waals surface area contributed by atoms with Crippen LogP contribution in [0.25, 0.3) is 0 Å². The second-order valence-corrected chi connectivity index (χ2v) is 4.86. The predicted octanol–water partition coefficient (Wildman–Crippen LogP) is 2.53. The quantitative estimate of drug-likeness (QED) is 0.804. The summed E-state index contributed by atoms with van der Waals surface area (Å²) in [5, 5.41) is 8.52. The number of hydrogen-bond donors (Lipinski definition) is 0. The Kier molecular flexibility index (Phi) is 3.72. The number of carbonyl (C=O) groups excluding carboxylic acids is 1. The molecule has 16 heavy (non-hydrogen) atoms. The van der Waals surface area contributed by atoms with Crippen molar-refractivity contribution in [1.29, 1.82) is 0 Å². The van der Waals surface area contributed by atoms with Crippen LogP contribution in [0.1, 0.15) is 31.1 Å². The van der Waals surface area contributed by atoms with E-state index in [1.165, 1.54) is 4.88 Å². The Balaban J connectivity index is 2.06. The summed E-state index contributed by atoms with van der Waals surface area (Å²) in [7, 11) is 0. The van der Waals surface area contributed by atoms with Gasteiger partial charge in [0.2, 0.25) is 0 Å². The van der Waals surface area contributed by atoms with Crippen LogP contribution in [0.3, 0.4) is 0 Å². The molecule has 0 atom stereocenters. The lowest BCUT2D eigenvalue weighted by atomic mass is 10.1. The van der Waals surface area contributed by atoms with Crippen LogP contribution in [0, 0.1) is 0 Å². The molecule has 0 saturated heterocycles. The fourth-order valence-electron chi connectivity index (χ4n) is 1.74. The second-order valence-electron chi connectivity index (χ2n) is 3.91. The van der Waals surface area contributed by atoms with E-state index in [1.54, 1.807) is 11.3 Å². The summed E-state index contributed by atoms with van der Waals surface area (Å²) in [5.74, 6) is 0.260. The number of Topliss-reactive ketones (excluding diaryl/α,β-unsaturated/α-hetero) is 1. The highest BCUT2D eigenvalue weighted by Crippen LogP contribution is 2.17. The van der Waals surface area contributed by atoms with Gasteiger partial charge in [-0.15, -0.1) is 11.3 Å². The molecule has 0 fully saturated rings. The molecule has 1 aliphatic heterocycles. The van der Waals surface area contributed by atoms with Crippen molar-refractivity contribution >= 4 is 22.8 Å². The fourth-order valence-corrected chi connectivity index (χ4v) is 2.48. The zero-order chi connectivity index (χ0) is 11.4. The lowest BCUT2D eigenvalue weighted by Crippen LogP contribution is -2.30. The maximum Gasteiger partial charge on any atom is 0.153 e. The van der Waals surface area contributed by atoms with Crippen LogP contribution in [-0.2, 0) is 4.79 Å². The molecule has 0 bridgehead atoms. The standard InChI is InChI=1S/C12H16N2OS/c1-2-10(15)9-14-7-3-5-11(13-14)12-6-4-8-16-12/h4,6,8H,2-3,5,7,9H2,1H3. The van der Waals surface area contributed by atoms with Crippen LogP contribution in [0.4, 0.5) is 0 Å². The Labute approximate surface area is 99.8 Å². The van der Waals surface area contributed by atoms with Gasteiger partial charge in [-0.3, -0.25) is 9.80 Å². The molecule has 0 N–H and O–H groups in total. The Hall–Kier alpha value is -1.16. The Bertz CT molecular complexity index is 384. The molecule has 0 saturated carbocycles. The summed E-state index contributed by atoms with van der Waals surface area (Å²) in [6.45, 7) is 3.27. The van der Waals surface area contributed by atoms with Crippen LogP contribution in [0.5, 0.6) is 0 Å². The van der Waals surface area contributed by atoms with Gasteiger partial charge in [0.1, 0.15) is 0 Å². The molecule has 0 aromatic carbocycles. The molecule has 0 unspecified atom stereocenters. The van der Waals surface area contributed by atoms with Gasteiger partial charge in [-0.1, -0.05) is 13.0 Å². The van der Waals surface area contributed by atoms with Gasteiger partial charge in [-0.05, 0) is 24.3 Å². The average Bonchev–Trinajstić information content (AvgIpc) is 2.83. The van der Waals surface area contributed by atoms with E-state index in [9.17, 15) is 4.79 Å². The summed E-state index contributed by atoms with van der Waals surface area (Å²) in [6.07, 6.45) is 2.71. The highest BCUT2D eigenvalue weighted by atomic mass is 32.1. The van der Waals surface area contributed by atoms with E-state index in [0.29, 0.717) is 13.0 Å². The first-order valence-electron chi connectivity index (χ1n) is 5.67. The molecule has 0 aliphatic carbocycles. The first-order chi connectivity index (χ1) is 7.79. The Morgan fingerprint density at radius 3 is 3.19 bits per heavy atom. The van der Waals surface area contributed by atoms with Gasteiger partial charge in [-0.2, -0.15) is 5.10 Å². The third-order valence-corrected chi connectivity index (χ3v) is 3.57. The minimum Gasteiger partial charge on any atom is -0.298 e. The van der Waals surface area contributed by atoms with Crippen LogP contribution in [0.2, 0.25) is 0 Å². The van der Waals surface area contributed by atoms with Crippen molar-refractivity contribution in [3.63, 3.8) is 0 Å². The molecule has 0 spiro atoms. The molecule has 1 aromatic heterocycles. The van der Waals surface area contributed by atoms with E-state index in [4.69, 9.17) is 0 Å².